The number of benzene rings is 3. The van der Waals surface area contributed by atoms with Gasteiger partial charge in [-0.15, -0.1) is 5.53 Å². The molecule has 4 aromatic rings. The first kappa shape index (κ1) is 30.9. The molecule has 2 aliphatic heterocycles. The topological polar surface area (TPSA) is 91.3 Å². The first-order chi connectivity index (χ1) is 21.6. The fourth-order valence-corrected chi connectivity index (χ4v) is 6.32. The van der Waals surface area contributed by atoms with Crippen molar-refractivity contribution in [3.63, 3.8) is 0 Å². The number of hydrazine groups is 2. The second kappa shape index (κ2) is 12.7. The molecule has 0 spiro atoms. The highest BCUT2D eigenvalue weighted by Gasteiger charge is 2.32. The lowest BCUT2D eigenvalue weighted by atomic mass is 9.98. The van der Waals surface area contributed by atoms with Crippen LogP contribution in [0.2, 0.25) is 10.0 Å². The molecule has 232 valence electrons. The minimum Gasteiger partial charge on any atom is -0.373 e. The fraction of sp³-hybridized carbons (Fsp3) is 0.294. The molecule has 45 heavy (non-hydrogen) atoms. The smallest absolute Gasteiger partial charge is 0.146 e. The Balaban J connectivity index is 1.34. The summed E-state index contributed by atoms with van der Waals surface area (Å²) < 4.78 is 14.6. The Morgan fingerprint density at radius 1 is 1.07 bits per heavy atom. The molecule has 0 saturated carbocycles. The number of pyridine rings is 1. The average molecular weight is 646 g/mol. The molecule has 1 atom stereocenters. The lowest BCUT2D eigenvalue weighted by Gasteiger charge is -2.42. The van der Waals surface area contributed by atoms with Crippen molar-refractivity contribution in [1.82, 2.24) is 25.9 Å². The molecule has 0 aliphatic carbocycles. The van der Waals surface area contributed by atoms with E-state index < -0.39 is 5.82 Å². The Morgan fingerprint density at radius 3 is 2.49 bits per heavy atom. The van der Waals surface area contributed by atoms with Crippen LogP contribution in [0, 0.1) is 17.1 Å². The maximum absolute atomic E-state index is 14.6. The van der Waals surface area contributed by atoms with E-state index in [-0.39, 0.29) is 22.8 Å². The number of para-hydroxylation sites is 1. The van der Waals surface area contributed by atoms with Gasteiger partial charge in [-0.2, -0.15) is 5.26 Å². The predicted octanol–water partition coefficient (Wildman–Crippen LogP) is 7.88. The van der Waals surface area contributed by atoms with Crippen LogP contribution in [0.15, 0.2) is 78.8 Å². The van der Waals surface area contributed by atoms with Gasteiger partial charge in [0.2, 0.25) is 0 Å². The van der Waals surface area contributed by atoms with Gasteiger partial charge in [0.25, 0.3) is 0 Å². The van der Waals surface area contributed by atoms with E-state index in [1.807, 2.05) is 36.4 Å². The van der Waals surface area contributed by atoms with E-state index in [0.29, 0.717) is 38.4 Å². The van der Waals surface area contributed by atoms with Crippen LogP contribution >= 0.6 is 23.2 Å². The van der Waals surface area contributed by atoms with E-state index >= 15 is 0 Å². The third-order valence-electron chi connectivity index (χ3n) is 8.42. The standard InChI is InChI=1S/C34H35Cl2FN8/c1-34(2,3)44-14-12-25(13-15-44)45-20-30(42-43-45)32(21-8-10-23(35)11-9-21)40-24-16-26-31(41-29-7-5-4-6-28(29)37)22(18-38)19-39-33(26)27(36)17-24/h4-11,16-17,19-20,25,32,40,42-43H,12-15H2,1-3H3,(H,39,41)/t32-/m0/s1. The highest BCUT2D eigenvalue weighted by molar-refractivity contribution is 6.36. The second-order valence-electron chi connectivity index (χ2n) is 12.4. The Labute approximate surface area is 272 Å². The van der Waals surface area contributed by atoms with E-state index in [1.54, 1.807) is 18.2 Å². The summed E-state index contributed by atoms with van der Waals surface area (Å²) in [4.78, 5) is 6.98. The van der Waals surface area contributed by atoms with E-state index in [0.717, 1.165) is 37.2 Å². The molecule has 2 aliphatic rings. The van der Waals surface area contributed by atoms with Crippen LogP contribution in [-0.2, 0) is 0 Å². The van der Waals surface area contributed by atoms with Crippen molar-refractivity contribution < 1.29 is 4.39 Å². The zero-order chi connectivity index (χ0) is 31.7. The number of aromatic nitrogens is 1. The van der Waals surface area contributed by atoms with Crippen LogP contribution < -0.4 is 21.6 Å². The lowest BCUT2D eigenvalue weighted by Crippen LogP contribution is -2.52. The molecule has 0 amide bonds. The monoisotopic (exact) mass is 644 g/mol. The first-order valence-corrected chi connectivity index (χ1v) is 15.7. The highest BCUT2D eigenvalue weighted by Crippen LogP contribution is 2.37. The number of nitriles is 1. The van der Waals surface area contributed by atoms with Crippen molar-refractivity contribution in [2.75, 3.05) is 23.7 Å². The van der Waals surface area contributed by atoms with Crippen LogP contribution in [0.4, 0.5) is 21.5 Å². The molecule has 8 nitrogen and oxygen atoms in total. The van der Waals surface area contributed by atoms with Gasteiger partial charge < -0.3 is 16.1 Å². The maximum Gasteiger partial charge on any atom is 0.146 e. The van der Waals surface area contributed by atoms with Gasteiger partial charge in [-0.25, -0.2) is 4.39 Å². The molecule has 1 fully saturated rings. The van der Waals surface area contributed by atoms with E-state index in [4.69, 9.17) is 23.2 Å². The summed E-state index contributed by atoms with van der Waals surface area (Å²) in [6, 6.07) is 19.9. The molecule has 1 saturated heterocycles. The minimum absolute atomic E-state index is 0.154. The zero-order valence-corrected chi connectivity index (χ0v) is 26.8. The number of likely N-dealkylation sites (tertiary alicyclic amines) is 1. The third-order valence-corrected chi connectivity index (χ3v) is 8.96. The van der Waals surface area contributed by atoms with Gasteiger partial charge in [0.15, 0.2) is 0 Å². The maximum atomic E-state index is 14.6. The third kappa shape index (κ3) is 6.65. The van der Waals surface area contributed by atoms with Crippen molar-refractivity contribution in [2.45, 2.75) is 51.2 Å². The molecule has 0 unspecified atom stereocenters. The number of nitrogens with one attached hydrogen (secondary N) is 4. The molecule has 0 radical (unpaired) electrons. The molecule has 4 N–H and O–H groups in total. The Hall–Kier alpha value is -4.07. The minimum atomic E-state index is -0.435. The Kier molecular flexibility index (Phi) is 8.76. The lowest BCUT2D eigenvalue weighted by molar-refractivity contribution is 0.0570. The number of hydrogen-bond donors (Lipinski definition) is 4. The van der Waals surface area contributed by atoms with Gasteiger partial charge in [-0.1, -0.05) is 47.5 Å². The summed E-state index contributed by atoms with van der Waals surface area (Å²) in [7, 11) is 0. The number of nitrogens with zero attached hydrogens (tertiary/aromatic N) is 4. The molecular formula is C34H35Cl2FN8. The SMILES string of the molecule is CC(C)(C)N1CCC(N2C=C([C@@H](Nc3cc(Cl)c4ncc(C#N)c(Nc5ccccc5F)c4c3)c3ccc(Cl)cc3)NN2)CC1. The van der Waals surface area contributed by atoms with Crippen molar-refractivity contribution in [3.05, 3.63) is 106 Å². The molecule has 11 heteroatoms. The highest BCUT2D eigenvalue weighted by atomic mass is 35.5. The Bertz CT molecular complexity index is 1770. The van der Waals surface area contributed by atoms with Gasteiger partial charge >= 0.3 is 0 Å². The predicted molar refractivity (Wildman–Crippen MR) is 180 cm³/mol. The second-order valence-corrected chi connectivity index (χ2v) is 13.2. The van der Waals surface area contributed by atoms with Crippen LogP contribution in [0.3, 0.4) is 0 Å². The zero-order valence-electron chi connectivity index (χ0n) is 25.3. The van der Waals surface area contributed by atoms with Crippen molar-refractivity contribution >= 4 is 51.2 Å². The van der Waals surface area contributed by atoms with Gasteiger partial charge in [0.1, 0.15) is 11.9 Å². The van der Waals surface area contributed by atoms with Gasteiger partial charge in [0.05, 0.1) is 39.2 Å². The van der Waals surface area contributed by atoms with Crippen molar-refractivity contribution in [3.8, 4) is 6.07 Å². The van der Waals surface area contributed by atoms with Crippen LogP contribution in [0.25, 0.3) is 10.9 Å². The summed E-state index contributed by atoms with van der Waals surface area (Å²) in [5.74, 6) is -0.435. The Morgan fingerprint density at radius 2 is 1.80 bits per heavy atom. The number of rotatable bonds is 7. The average Bonchev–Trinajstić information content (AvgIpc) is 3.51. The molecule has 6 rings (SSSR count). The first-order valence-electron chi connectivity index (χ1n) is 14.9. The number of anilines is 3. The number of halogens is 3. The molecule has 1 aromatic heterocycles. The number of fused-ring (bicyclic) bond motifs is 1. The normalized spacial score (nSPS) is 16.6. The van der Waals surface area contributed by atoms with E-state index in [2.05, 4.69) is 69.5 Å². The molecular weight excluding hydrogens is 610 g/mol. The van der Waals surface area contributed by atoms with Gasteiger partial charge in [-0.3, -0.25) is 14.9 Å². The summed E-state index contributed by atoms with van der Waals surface area (Å²) in [5.41, 5.74) is 10.9. The van der Waals surface area contributed by atoms with E-state index in [1.165, 1.54) is 12.3 Å². The number of hydrogen-bond acceptors (Lipinski definition) is 8. The molecule has 0 bridgehead atoms. The number of piperidine rings is 1. The van der Waals surface area contributed by atoms with Crippen LogP contribution in [0.1, 0.15) is 50.8 Å². The van der Waals surface area contributed by atoms with E-state index in [9.17, 15) is 9.65 Å². The van der Waals surface area contributed by atoms with Gasteiger partial charge in [-0.05, 0) is 75.6 Å². The van der Waals surface area contributed by atoms with Crippen LogP contribution in [0.5, 0.6) is 0 Å². The van der Waals surface area contributed by atoms with Crippen LogP contribution in [-0.4, -0.2) is 39.6 Å². The summed E-state index contributed by atoms with van der Waals surface area (Å²) >= 11 is 13.0. The summed E-state index contributed by atoms with van der Waals surface area (Å²) in [6.07, 6.45) is 5.65. The largest absolute Gasteiger partial charge is 0.373 e. The van der Waals surface area contributed by atoms with Crippen molar-refractivity contribution in [2.24, 2.45) is 0 Å². The summed E-state index contributed by atoms with van der Waals surface area (Å²) in [6.45, 7) is 8.85. The quantitative estimate of drug-likeness (QED) is 0.161. The van der Waals surface area contributed by atoms with Gasteiger partial charge in [0, 0.05) is 53.2 Å². The fourth-order valence-electron chi connectivity index (χ4n) is 5.92. The van der Waals surface area contributed by atoms with Crippen molar-refractivity contribution in [1.29, 1.82) is 5.26 Å². The summed E-state index contributed by atoms with van der Waals surface area (Å²) in [5, 5.41) is 20.4. The molecule has 3 aromatic carbocycles. The molecule has 3 heterocycles.